The number of halogens is 5. The zero-order chi connectivity index (χ0) is 32.3. The van der Waals surface area contributed by atoms with Crippen molar-refractivity contribution >= 4 is 27.5 Å². The molecule has 3 aromatic rings. The number of likely N-dealkylation sites (tertiary alicyclic amines) is 1. The van der Waals surface area contributed by atoms with Crippen molar-refractivity contribution in [3.05, 3.63) is 88.7 Å². The van der Waals surface area contributed by atoms with E-state index in [1.165, 1.54) is 29.4 Å². The van der Waals surface area contributed by atoms with E-state index in [9.17, 15) is 40.0 Å². The largest absolute Gasteiger partial charge is 0.417 e. The van der Waals surface area contributed by atoms with Gasteiger partial charge in [0.05, 0.1) is 34.4 Å². The zero-order valence-electron chi connectivity index (χ0n) is 24.1. The number of pyridine rings is 1. The lowest BCUT2D eigenvalue weighted by Crippen LogP contribution is -2.54. The standard InChI is InChI=1S/C31H29F5N4O4S/c1-18(41)39-12-10-30(11-13-39)24-14-20(29(42)38-17-26-25(33)15-21(16-37-26)31(34,35)36)4-9-27(24)40(28(30)19-2-3-19)45(43,44)23-7-5-22(32)6-8-23/h4-9,14-16,19,28H,2-3,10-13,17H2,1H3,(H,38,42). The van der Waals surface area contributed by atoms with E-state index in [0.29, 0.717) is 49.4 Å². The van der Waals surface area contributed by atoms with Crippen molar-refractivity contribution in [1.29, 1.82) is 0 Å². The Labute approximate surface area is 256 Å². The van der Waals surface area contributed by atoms with Gasteiger partial charge in [-0.25, -0.2) is 17.2 Å². The monoisotopic (exact) mass is 648 g/mol. The molecule has 3 aliphatic rings. The zero-order valence-corrected chi connectivity index (χ0v) is 24.9. The number of aromatic nitrogens is 1. The normalized spacial score (nSPS) is 19.5. The lowest BCUT2D eigenvalue weighted by Gasteiger charge is -2.45. The molecule has 8 nitrogen and oxygen atoms in total. The highest BCUT2D eigenvalue weighted by Gasteiger charge is 2.60. The third-order valence-corrected chi connectivity index (χ3v) is 10.9. The fourth-order valence-electron chi connectivity index (χ4n) is 6.66. The summed E-state index contributed by atoms with van der Waals surface area (Å²) in [5.41, 5.74) is -1.20. The summed E-state index contributed by atoms with van der Waals surface area (Å²) < 4.78 is 96.6. The first-order valence-corrected chi connectivity index (χ1v) is 15.9. The van der Waals surface area contributed by atoms with Gasteiger partial charge in [-0.05, 0) is 85.7 Å². The second kappa shape index (κ2) is 11.1. The molecule has 1 aromatic heterocycles. The van der Waals surface area contributed by atoms with Gasteiger partial charge in [0.15, 0.2) is 0 Å². The molecular formula is C31H29F5N4O4S. The molecule has 45 heavy (non-hydrogen) atoms. The highest BCUT2D eigenvalue weighted by atomic mass is 32.2. The number of nitrogens with one attached hydrogen (secondary N) is 1. The fraction of sp³-hybridized carbons (Fsp3) is 0.387. The first kappa shape index (κ1) is 30.9. The number of rotatable bonds is 6. The predicted octanol–water partition coefficient (Wildman–Crippen LogP) is 5.18. The molecule has 0 bridgehead atoms. The van der Waals surface area contributed by atoms with Gasteiger partial charge in [-0.2, -0.15) is 13.2 Å². The predicted molar refractivity (Wildman–Crippen MR) is 153 cm³/mol. The molecular weight excluding hydrogens is 619 g/mol. The molecule has 2 amide bonds. The van der Waals surface area contributed by atoms with Crippen LogP contribution in [0.2, 0.25) is 0 Å². The molecule has 1 aliphatic carbocycles. The number of nitrogens with zero attached hydrogens (tertiary/aromatic N) is 3. The number of amides is 2. The summed E-state index contributed by atoms with van der Waals surface area (Å²) in [5, 5.41) is 2.49. The Morgan fingerprint density at radius 2 is 1.69 bits per heavy atom. The third-order valence-electron chi connectivity index (χ3n) is 9.05. The number of sulfonamides is 1. The van der Waals surface area contributed by atoms with Crippen LogP contribution in [-0.4, -0.2) is 49.2 Å². The number of anilines is 1. The second-order valence-electron chi connectivity index (χ2n) is 11.8. The minimum atomic E-state index is -4.77. The average Bonchev–Trinajstić information content (AvgIpc) is 3.79. The van der Waals surface area contributed by atoms with Gasteiger partial charge in [-0.3, -0.25) is 18.9 Å². The number of carbonyl (C=O) groups excluding carboxylic acids is 2. The molecule has 1 spiro atoms. The molecule has 238 valence electrons. The second-order valence-corrected chi connectivity index (χ2v) is 13.6. The summed E-state index contributed by atoms with van der Waals surface area (Å²) in [6.07, 6.45) is -1.79. The summed E-state index contributed by atoms with van der Waals surface area (Å²) >= 11 is 0. The number of hydrogen-bond donors (Lipinski definition) is 1. The number of fused-ring (bicyclic) bond motifs is 2. The smallest absolute Gasteiger partial charge is 0.346 e. The Kier molecular flexibility index (Phi) is 7.61. The van der Waals surface area contributed by atoms with Crippen molar-refractivity contribution in [3.8, 4) is 0 Å². The van der Waals surface area contributed by atoms with Crippen LogP contribution in [0.3, 0.4) is 0 Å². The van der Waals surface area contributed by atoms with Gasteiger partial charge in [0, 0.05) is 37.2 Å². The van der Waals surface area contributed by atoms with Gasteiger partial charge < -0.3 is 10.2 Å². The molecule has 0 radical (unpaired) electrons. The van der Waals surface area contributed by atoms with Crippen LogP contribution in [-0.2, 0) is 33.0 Å². The van der Waals surface area contributed by atoms with Crippen LogP contribution in [0, 0.1) is 17.6 Å². The van der Waals surface area contributed by atoms with E-state index in [-0.39, 0.29) is 28.0 Å². The third kappa shape index (κ3) is 5.53. The van der Waals surface area contributed by atoms with Gasteiger partial charge in [-0.1, -0.05) is 0 Å². The molecule has 1 saturated carbocycles. The van der Waals surface area contributed by atoms with Gasteiger partial charge in [0.1, 0.15) is 11.6 Å². The Balaban J connectivity index is 1.37. The van der Waals surface area contributed by atoms with Crippen LogP contribution < -0.4 is 9.62 Å². The Bertz CT molecular complexity index is 1770. The molecule has 1 atom stereocenters. The van der Waals surface area contributed by atoms with Crippen molar-refractivity contribution in [2.45, 2.75) is 61.7 Å². The summed E-state index contributed by atoms with van der Waals surface area (Å²) in [6.45, 7) is 1.77. The number of benzene rings is 2. The molecule has 2 aliphatic heterocycles. The van der Waals surface area contributed by atoms with E-state index >= 15 is 0 Å². The van der Waals surface area contributed by atoms with Crippen molar-refractivity contribution in [1.82, 2.24) is 15.2 Å². The molecule has 2 aromatic carbocycles. The lowest BCUT2D eigenvalue weighted by atomic mass is 9.68. The molecule has 1 unspecified atom stereocenters. The quantitative estimate of drug-likeness (QED) is 0.372. The van der Waals surface area contributed by atoms with Crippen LogP contribution in [0.15, 0.2) is 59.6 Å². The van der Waals surface area contributed by atoms with E-state index < -0.39 is 57.3 Å². The summed E-state index contributed by atoms with van der Waals surface area (Å²) in [4.78, 5) is 30.6. The van der Waals surface area contributed by atoms with Crippen molar-refractivity contribution in [2.24, 2.45) is 5.92 Å². The molecule has 1 saturated heterocycles. The van der Waals surface area contributed by atoms with Crippen molar-refractivity contribution in [3.63, 3.8) is 0 Å². The van der Waals surface area contributed by atoms with Crippen LogP contribution in [0.25, 0.3) is 0 Å². The van der Waals surface area contributed by atoms with Crippen LogP contribution >= 0.6 is 0 Å². The first-order valence-electron chi connectivity index (χ1n) is 14.4. The Morgan fingerprint density at radius 3 is 2.27 bits per heavy atom. The fourth-order valence-corrected chi connectivity index (χ4v) is 8.46. The first-order chi connectivity index (χ1) is 21.2. The van der Waals surface area contributed by atoms with E-state index in [1.807, 2.05) is 0 Å². The van der Waals surface area contributed by atoms with E-state index in [0.717, 1.165) is 25.0 Å². The highest BCUT2D eigenvalue weighted by molar-refractivity contribution is 7.92. The number of alkyl halides is 3. The van der Waals surface area contributed by atoms with Gasteiger partial charge in [0.25, 0.3) is 15.9 Å². The molecule has 2 fully saturated rings. The van der Waals surface area contributed by atoms with E-state index in [1.54, 1.807) is 17.0 Å². The number of piperidine rings is 1. The Hall–Kier alpha value is -4.07. The van der Waals surface area contributed by atoms with Crippen LogP contribution in [0.1, 0.15) is 59.8 Å². The summed E-state index contributed by atoms with van der Waals surface area (Å²) in [5.74, 6) is -2.52. The maximum absolute atomic E-state index is 14.4. The Morgan fingerprint density at radius 1 is 1.02 bits per heavy atom. The highest BCUT2D eigenvalue weighted by Crippen LogP contribution is 2.59. The molecule has 6 rings (SSSR count). The minimum absolute atomic E-state index is 0.0301. The van der Waals surface area contributed by atoms with Gasteiger partial charge in [0.2, 0.25) is 5.91 Å². The van der Waals surface area contributed by atoms with Gasteiger partial charge >= 0.3 is 6.18 Å². The topological polar surface area (TPSA) is 99.7 Å². The molecule has 3 heterocycles. The van der Waals surface area contributed by atoms with E-state index in [4.69, 9.17) is 0 Å². The molecule has 14 heteroatoms. The van der Waals surface area contributed by atoms with Crippen LogP contribution in [0.4, 0.5) is 27.6 Å². The lowest BCUT2D eigenvalue weighted by molar-refractivity contribution is -0.138. The molecule has 1 N–H and O–H groups in total. The minimum Gasteiger partial charge on any atom is -0.346 e. The maximum atomic E-state index is 14.4. The number of carbonyl (C=O) groups is 2. The average molecular weight is 649 g/mol. The summed E-state index contributed by atoms with van der Waals surface area (Å²) in [7, 11) is -4.17. The van der Waals surface area contributed by atoms with Crippen molar-refractivity contribution in [2.75, 3.05) is 17.4 Å². The number of hydrogen-bond acceptors (Lipinski definition) is 5. The maximum Gasteiger partial charge on any atom is 0.417 e. The van der Waals surface area contributed by atoms with Gasteiger partial charge in [-0.15, -0.1) is 0 Å². The SMILES string of the molecule is CC(=O)N1CCC2(CC1)c1cc(C(=O)NCc3ncc(C(F)(F)F)cc3F)ccc1N(S(=O)(=O)c1ccc(F)cc1)C2C1CC1. The van der Waals surface area contributed by atoms with Crippen molar-refractivity contribution < 1.29 is 40.0 Å². The summed E-state index contributed by atoms with van der Waals surface area (Å²) in [6, 6.07) is 9.00. The van der Waals surface area contributed by atoms with E-state index in [2.05, 4.69) is 10.3 Å². The van der Waals surface area contributed by atoms with Crippen LogP contribution in [0.5, 0.6) is 0 Å².